The van der Waals surface area contributed by atoms with Gasteiger partial charge in [-0.1, -0.05) is 6.07 Å². The monoisotopic (exact) mass is 276 g/mol. The van der Waals surface area contributed by atoms with Gasteiger partial charge in [-0.15, -0.1) is 5.75 Å². The molecule has 1 fully saturated rings. The maximum atomic E-state index is 11.5. The van der Waals surface area contributed by atoms with Crippen molar-refractivity contribution in [2.45, 2.75) is 0 Å². The van der Waals surface area contributed by atoms with E-state index >= 15 is 0 Å². The Bertz CT molecular complexity index is 657. The highest BCUT2D eigenvalue weighted by atomic mass is 16.6. The van der Waals surface area contributed by atoms with Crippen molar-refractivity contribution < 1.29 is 24.4 Å². The molecular weight excluding hydrogens is 270 g/mol. The van der Waals surface area contributed by atoms with Gasteiger partial charge in [0, 0.05) is 12.1 Å². The zero-order valence-corrected chi connectivity index (χ0v) is 9.71. The van der Waals surface area contributed by atoms with Crippen LogP contribution >= 0.6 is 0 Å². The summed E-state index contributed by atoms with van der Waals surface area (Å²) in [5, 5.41) is 25.8. The van der Waals surface area contributed by atoms with Crippen LogP contribution in [0.15, 0.2) is 23.8 Å². The number of benzene rings is 1. The smallest absolute Gasteiger partial charge is 0.328 e. The molecule has 1 saturated heterocycles. The molecule has 0 atom stereocenters. The van der Waals surface area contributed by atoms with Crippen LogP contribution in [0, 0.1) is 10.1 Å². The van der Waals surface area contributed by atoms with Crippen LogP contribution < -0.4 is 15.7 Å². The number of urea groups is 1. The molecule has 9 heteroatoms. The molecule has 0 aromatic heterocycles. The lowest BCUT2D eigenvalue weighted by molar-refractivity contribution is -0.385. The van der Waals surface area contributed by atoms with Crippen LogP contribution in [0.3, 0.4) is 0 Å². The molecule has 4 amide bonds. The Morgan fingerprint density at radius 3 is 2.25 bits per heavy atom. The maximum Gasteiger partial charge on any atom is 0.328 e. The molecule has 20 heavy (non-hydrogen) atoms. The minimum atomic E-state index is -0.982. The van der Waals surface area contributed by atoms with Crippen LogP contribution in [0.5, 0.6) is 5.75 Å². The summed E-state index contributed by atoms with van der Waals surface area (Å²) in [6.45, 7) is 0. The lowest BCUT2D eigenvalue weighted by atomic mass is 10.1. The predicted octanol–water partition coefficient (Wildman–Crippen LogP) is -0.582. The van der Waals surface area contributed by atoms with E-state index in [-0.39, 0.29) is 11.3 Å². The summed E-state index contributed by atoms with van der Waals surface area (Å²) in [7, 11) is 0. The quantitative estimate of drug-likeness (QED) is 0.320. The number of rotatable bonds is 2. The summed E-state index contributed by atoms with van der Waals surface area (Å²) in [5.74, 6) is -2.56. The highest BCUT2D eigenvalue weighted by Gasteiger charge is 2.27. The minimum absolute atomic E-state index is 0.200. The standard InChI is InChI=1S/C11H7N3O6/c15-8-2-1-6(14(19)20)3-5(8)4-7-9(16)12-11(18)13-10(7)17/h1-4,15H,(H2,12,13,16,17,18)/p-1. The van der Waals surface area contributed by atoms with E-state index in [9.17, 15) is 29.6 Å². The third-order valence-electron chi connectivity index (χ3n) is 2.45. The van der Waals surface area contributed by atoms with E-state index in [1.165, 1.54) is 0 Å². The van der Waals surface area contributed by atoms with Crippen molar-refractivity contribution in [2.24, 2.45) is 0 Å². The first kappa shape index (κ1) is 13.2. The second-order valence-electron chi connectivity index (χ2n) is 3.77. The Morgan fingerprint density at radius 1 is 1.10 bits per heavy atom. The number of imide groups is 2. The molecular formula is C11H6N3O6-. The van der Waals surface area contributed by atoms with Crippen molar-refractivity contribution in [3.05, 3.63) is 39.4 Å². The molecule has 0 aliphatic carbocycles. The van der Waals surface area contributed by atoms with E-state index in [0.29, 0.717) is 0 Å². The number of nitro groups is 1. The Kier molecular flexibility index (Phi) is 3.17. The Labute approximate surface area is 111 Å². The summed E-state index contributed by atoms with van der Waals surface area (Å²) < 4.78 is 0. The molecule has 1 aliphatic heterocycles. The van der Waals surface area contributed by atoms with Crippen molar-refractivity contribution in [3.63, 3.8) is 0 Å². The molecule has 102 valence electrons. The van der Waals surface area contributed by atoms with E-state index in [2.05, 4.69) is 0 Å². The Hall–Kier alpha value is -3.23. The number of carbonyl (C=O) groups excluding carboxylic acids is 3. The van der Waals surface area contributed by atoms with Gasteiger partial charge in [-0.3, -0.25) is 30.3 Å². The van der Waals surface area contributed by atoms with E-state index in [4.69, 9.17) is 0 Å². The van der Waals surface area contributed by atoms with Gasteiger partial charge < -0.3 is 5.11 Å². The fourth-order valence-corrected chi connectivity index (χ4v) is 1.52. The number of barbiturate groups is 1. The molecule has 0 radical (unpaired) electrons. The van der Waals surface area contributed by atoms with Gasteiger partial charge in [-0.25, -0.2) is 4.79 Å². The average molecular weight is 276 g/mol. The van der Waals surface area contributed by atoms with Crippen molar-refractivity contribution in [2.75, 3.05) is 0 Å². The molecule has 0 unspecified atom stereocenters. The van der Waals surface area contributed by atoms with Crippen molar-refractivity contribution in [1.29, 1.82) is 0 Å². The molecule has 1 aliphatic rings. The van der Waals surface area contributed by atoms with Gasteiger partial charge in [-0.2, -0.15) is 0 Å². The SMILES string of the molecule is O=C1NC(=O)C(=Cc2cc([N+](=O)[O-])ccc2[O-])C(=O)N1. The third-order valence-corrected chi connectivity index (χ3v) is 2.45. The first-order chi connectivity index (χ1) is 9.38. The Balaban J connectivity index is 2.46. The second-order valence-corrected chi connectivity index (χ2v) is 3.77. The van der Waals surface area contributed by atoms with Crippen molar-refractivity contribution >= 4 is 29.6 Å². The van der Waals surface area contributed by atoms with Gasteiger partial charge in [-0.05, 0) is 11.6 Å². The molecule has 1 heterocycles. The number of nitrogens with one attached hydrogen (secondary N) is 2. The highest BCUT2D eigenvalue weighted by Crippen LogP contribution is 2.23. The zero-order valence-electron chi connectivity index (χ0n) is 9.71. The van der Waals surface area contributed by atoms with E-state index in [1.54, 1.807) is 0 Å². The fraction of sp³-hybridized carbons (Fsp3) is 0. The van der Waals surface area contributed by atoms with Crippen LogP contribution in [-0.4, -0.2) is 22.8 Å². The van der Waals surface area contributed by atoms with Gasteiger partial charge in [0.2, 0.25) is 0 Å². The van der Waals surface area contributed by atoms with Gasteiger partial charge in [0.25, 0.3) is 17.5 Å². The predicted molar refractivity (Wildman–Crippen MR) is 62.2 cm³/mol. The zero-order chi connectivity index (χ0) is 14.9. The summed E-state index contributed by atoms with van der Waals surface area (Å²) in [5.41, 5.74) is -1.04. The van der Waals surface area contributed by atoms with Gasteiger partial charge in [0.05, 0.1) is 4.92 Å². The molecule has 0 saturated carbocycles. The molecule has 0 spiro atoms. The van der Waals surface area contributed by atoms with Crippen LogP contribution in [0.2, 0.25) is 0 Å². The Morgan fingerprint density at radius 2 is 1.70 bits per heavy atom. The number of nitro benzene ring substituents is 1. The molecule has 1 aromatic carbocycles. The fourth-order valence-electron chi connectivity index (χ4n) is 1.52. The molecule has 2 N–H and O–H groups in total. The van der Waals surface area contributed by atoms with Crippen LogP contribution in [-0.2, 0) is 9.59 Å². The maximum absolute atomic E-state index is 11.5. The third kappa shape index (κ3) is 2.46. The molecule has 9 nitrogen and oxygen atoms in total. The number of nitrogens with zero attached hydrogens (tertiary/aromatic N) is 1. The average Bonchev–Trinajstić information content (AvgIpc) is 2.35. The second kappa shape index (κ2) is 4.80. The van der Waals surface area contributed by atoms with Crippen LogP contribution in [0.1, 0.15) is 5.56 Å². The number of carbonyl (C=O) groups is 3. The van der Waals surface area contributed by atoms with Gasteiger partial charge in [0.15, 0.2) is 0 Å². The lowest BCUT2D eigenvalue weighted by Gasteiger charge is -2.15. The van der Waals surface area contributed by atoms with Gasteiger partial charge in [0.1, 0.15) is 5.57 Å². The van der Waals surface area contributed by atoms with E-state index in [0.717, 1.165) is 24.3 Å². The van der Waals surface area contributed by atoms with Crippen LogP contribution in [0.25, 0.3) is 6.08 Å². The van der Waals surface area contributed by atoms with Gasteiger partial charge >= 0.3 is 6.03 Å². The first-order valence-corrected chi connectivity index (χ1v) is 5.22. The molecule has 1 aromatic rings. The first-order valence-electron chi connectivity index (χ1n) is 5.22. The minimum Gasteiger partial charge on any atom is -0.872 e. The number of hydrogen-bond donors (Lipinski definition) is 2. The normalized spacial score (nSPS) is 14.6. The van der Waals surface area contributed by atoms with E-state index < -0.39 is 34.1 Å². The lowest BCUT2D eigenvalue weighted by Crippen LogP contribution is -2.51. The summed E-state index contributed by atoms with van der Waals surface area (Å²) in [6, 6.07) is 1.92. The van der Waals surface area contributed by atoms with E-state index in [1.807, 2.05) is 10.6 Å². The number of hydrogen-bond acceptors (Lipinski definition) is 6. The molecule has 0 bridgehead atoms. The largest absolute Gasteiger partial charge is 0.872 e. The summed E-state index contributed by atoms with van der Waals surface area (Å²) in [4.78, 5) is 43.6. The molecule has 2 rings (SSSR count). The highest BCUT2D eigenvalue weighted by molar-refractivity contribution is 6.31. The summed E-state index contributed by atoms with van der Waals surface area (Å²) in [6.07, 6.45) is 0.895. The number of amides is 4. The number of non-ortho nitro benzene ring substituents is 1. The van der Waals surface area contributed by atoms with Crippen molar-refractivity contribution in [3.8, 4) is 5.75 Å². The topological polar surface area (TPSA) is 141 Å². The van der Waals surface area contributed by atoms with Crippen LogP contribution in [0.4, 0.5) is 10.5 Å². The van der Waals surface area contributed by atoms with Crippen molar-refractivity contribution in [1.82, 2.24) is 10.6 Å². The summed E-state index contributed by atoms with van der Waals surface area (Å²) >= 11 is 0.